The van der Waals surface area contributed by atoms with Gasteiger partial charge in [-0.05, 0) is 26.0 Å². The summed E-state index contributed by atoms with van der Waals surface area (Å²) in [7, 11) is 0. The van der Waals surface area contributed by atoms with E-state index in [9.17, 15) is 9.59 Å². The van der Waals surface area contributed by atoms with Gasteiger partial charge in [0.05, 0.1) is 6.04 Å². The maximum absolute atomic E-state index is 11.8. The smallest absolute Gasteiger partial charge is 0.241 e. The van der Waals surface area contributed by atoms with Gasteiger partial charge in [0.2, 0.25) is 11.8 Å². The predicted molar refractivity (Wildman–Crippen MR) is 75.8 cm³/mol. The third kappa shape index (κ3) is 6.01. The third-order valence-corrected chi connectivity index (χ3v) is 2.61. The molecule has 0 saturated carbocycles. The number of carbonyl (C=O) groups is 2. The van der Waals surface area contributed by atoms with Crippen molar-refractivity contribution in [3.8, 4) is 0 Å². The zero-order valence-electron chi connectivity index (χ0n) is 11.4. The molecule has 2 amide bonds. The second-order valence-corrected chi connectivity index (χ2v) is 4.23. The minimum atomic E-state index is -0.338. The van der Waals surface area contributed by atoms with E-state index in [0.29, 0.717) is 19.5 Å². The molecule has 3 N–H and O–H groups in total. The highest BCUT2D eigenvalue weighted by Gasteiger charge is 2.12. The Balaban J connectivity index is 2.27. The SMILES string of the molecule is CCNC(=O)CCNC(C)C(=O)Nc1ccccc1. The Hall–Kier alpha value is -1.88. The minimum absolute atomic E-state index is 0.00864. The highest BCUT2D eigenvalue weighted by Crippen LogP contribution is 2.05. The zero-order valence-corrected chi connectivity index (χ0v) is 11.4. The van der Waals surface area contributed by atoms with E-state index in [1.165, 1.54) is 0 Å². The van der Waals surface area contributed by atoms with Crippen LogP contribution >= 0.6 is 0 Å². The van der Waals surface area contributed by atoms with Crippen molar-refractivity contribution in [2.45, 2.75) is 26.3 Å². The van der Waals surface area contributed by atoms with E-state index in [0.717, 1.165) is 5.69 Å². The number of hydrogen-bond donors (Lipinski definition) is 3. The van der Waals surface area contributed by atoms with E-state index in [1.54, 1.807) is 6.92 Å². The molecule has 0 saturated heterocycles. The standard InChI is InChI=1S/C14H21N3O2/c1-3-15-13(18)9-10-16-11(2)14(19)17-12-7-5-4-6-8-12/h4-8,11,16H,3,9-10H2,1-2H3,(H,15,18)(H,17,19). The Morgan fingerprint density at radius 2 is 1.89 bits per heavy atom. The van der Waals surface area contributed by atoms with Crippen LogP contribution in [0.5, 0.6) is 0 Å². The number of anilines is 1. The van der Waals surface area contributed by atoms with Crippen molar-refractivity contribution >= 4 is 17.5 Å². The molecule has 0 aliphatic heterocycles. The molecule has 0 aliphatic carbocycles. The molecule has 0 spiro atoms. The van der Waals surface area contributed by atoms with Gasteiger partial charge in [0.25, 0.3) is 0 Å². The van der Waals surface area contributed by atoms with E-state index in [1.807, 2.05) is 37.3 Å². The fourth-order valence-corrected chi connectivity index (χ4v) is 1.55. The van der Waals surface area contributed by atoms with E-state index in [-0.39, 0.29) is 17.9 Å². The van der Waals surface area contributed by atoms with Gasteiger partial charge in [-0.2, -0.15) is 0 Å². The minimum Gasteiger partial charge on any atom is -0.356 e. The number of carbonyl (C=O) groups excluding carboxylic acids is 2. The van der Waals surface area contributed by atoms with E-state index >= 15 is 0 Å². The fraction of sp³-hybridized carbons (Fsp3) is 0.429. The Labute approximate surface area is 113 Å². The molecule has 1 aromatic rings. The summed E-state index contributed by atoms with van der Waals surface area (Å²) >= 11 is 0. The first-order valence-electron chi connectivity index (χ1n) is 6.49. The second-order valence-electron chi connectivity index (χ2n) is 4.23. The molecule has 1 rings (SSSR count). The van der Waals surface area contributed by atoms with Gasteiger partial charge in [0.15, 0.2) is 0 Å². The van der Waals surface area contributed by atoms with Crippen LogP contribution in [0.25, 0.3) is 0 Å². The summed E-state index contributed by atoms with van der Waals surface area (Å²) in [5, 5.41) is 8.53. The summed E-state index contributed by atoms with van der Waals surface area (Å²) < 4.78 is 0. The molecule has 1 aromatic carbocycles. The molecule has 104 valence electrons. The van der Waals surface area contributed by atoms with Gasteiger partial charge in [-0.15, -0.1) is 0 Å². The maximum atomic E-state index is 11.8. The Bertz CT molecular complexity index is 406. The second kappa shape index (κ2) is 8.26. The third-order valence-electron chi connectivity index (χ3n) is 2.61. The van der Waals surface area contributed by atoms with Gasteiger partial charge in [0.1, 0.15) is 0 Å². The summed E-state index contributed by atoms with van der Waals surface area (Å²) in [5.41, 5.74) is 0.768. The summed E-state index contributed by atoms with van der Waals surface area (Å²) in [6, 6.07) is 8.95. The van der Waals surface area contributed by atoms with Crippen LogP contribution in [-0.2, 0) is 9.59 Å². The number of hydrogen-bond acceptors (Lipinski definition) is 3. The van der Waals surface area contributed by atoms with Crippen molar-refractivity contribution in [3.63, 3.8) is 0 Å². The topological polar surface area (TPSA) is 70.2 Å². The lowest BCUT2D eigenvalue weighted by molar-refractivity contribution is -0.121. The molecule has 1 unspecified atom stereocenters. The van der Waals surface area contributed by atoms with Gasteiger partial charge in [-0.25, -0.2) is 0 Å². The molecule has 0 heterocycles. The van der Waals surface area contributed by atoms with Crippen LogP contribution in [0.15, 0.2) is 30.3 Å². The lowest BCUT2D eigenvalue weighted by atomic mass is 10.2. The van der Waals surface area contributed by atoms with Crippen molar-refractivity contribution in [1.29, 1.82) is 0 Å². The van der Waals surface area contributed by atoms with Gasteiger partial charge in [-0.1, -0.05) is 18.2 Å². The predicted octanol–water partition coefficient (Wildman–Crippen LogP) is 1.13. The van der Waals surface area contributed by atoms with Crippen molar-refractivity contribution < 1.29 is 9.59 Å². The van der Waals surface area contributed by atoms with Gasteiger partial charge < -0.3 is 16.0 Å². The first-order chi connectivity index (χ1) is 9.13. The van der Waals surface area contributed by atoms with Crippen molar-refractivity contribution in [1.82, 2.24) is 10.6 Å². The molecule has 0 aliphatic rings. The average molecular weight is 263 g/mol. The molecule has 0 fully saturated rings. The van der Waals surface area contributed by atoms with Crippen molar-refractivity contribution in [2.75, 3.05) is 18.4 Å². The summed E-state index contributed by atoms with van der Waals surface area (Å²) in [6.07, 6.45) is 0.372. The number of nitrogens with one attached hydrogen (secondary N) is 3. The maximum Gasteiger partial charge on any atom is 0.241 e. The van der Waals surface area contributed by atoms with Crippen molar-refractivity contribution in [2.24, 2.45) is 0 Å². The van der Waals surface area contributed by atoms with Gasteiger partial charge in [0, 0.05) is 25.2 Å². The quantitative estimate of drug-likeness (QED) is 0.690. The molecule has 19 heavy (non-hydrogen) atoms. The van der Waals surface area contributed by atoms with Gasteiger partial charge in [-0.3, -0.25) is 9.59 Å². The monoisotopic (exact) mass is 263 g/mol. The highest BCUT2D eigenvalue weighted by atomic mass is 16.2. The van der Waals surface area contributed by atoms with E-state index in [4.69, 9.17) is 0 Å². The molecule has 0 radical (unpaired) electrons. The largest absolute Gasteiger partial charge is 0.356 e. The molecule has 5 heteroatoms. The fourth-order valence-electron chi connectivity index (χ4n) is 1.55. The summed E-state index contributed by atoms with van der Waals surface area (Å²) in [5.74, 6) is -0.118. The lowest BCUT2D eigenvalue weighted by Crippen LogP contribution is -2.39. The Morgan fingerprint density at radius 3 is 2.53 bits per heavy atom. The van der Waals surface area contributed by atoms with Crippen LogP contribution in [0.4, 0.5) is 5.69 Å². The van der Waals surface area contributed by atoms with Crippen LogP contribution in [-0.4, -0.2) is 30.9 Å². The first kappa shape index (κ1) is 15.2. The van der Waals surface area contributed by atoms with E-state index < -0.39 is 0 Å². The van der Waals surface area contributed by atoms with Crippen LogP contribution in [0.1, 0.15) is 20.3 Å². The number of rotatable bonds is 7. The van der Waals surface area contributed by atoms with Crippen LogP contribution in [0.3, 0.4) is 0 Å². The van der Waals surface area contributed by atoms with Crippen LogP contribution < -0.4 is 16.0 Å². The molecular formula is C14H21N3O2. The number of benzene rings is 1. The molecule has 5 nitrogen and oxygen atoms in total. The van der Waals surface area contributed by atoms with Crippen LogP contribution in [0.2, 0.25) is 0 Å². The lowest BCUT2D eigenvalue weighted by Gasteiger charge is -2.13. The van der Waals surface area contributed by atoms with Gasteiger partial charge >= 0.3 is 0 Å². The summed E-state index contributed by atoms with van der Waals surface area (Å²) in [4.78, 5) is 23.1. The number of amides is 2. The van der Waals surface area contributed by atoms with Crippen molar-refractivity contribution in [3.05, 3.63) is 30.3 Å². The summed E-state index contributed by atoms with van der Waals surface area (Å²) in [6.45, 7) is 4.76. The van der Waals surface area contributed by atoms with E-state index in [2.05, 4.69) is 16.0 Å². The Morgan fingerprint density at radius 1 is 1.21 bits per heavy atom. The number of para-hydroxylation sites is 1. The molecular weight excluding hydrogens is 242 g/mol. The van der Waals surface area contributed by atoms with Crippen LogP contribution in [0, 0.1) is 0 Å². The highest BCUT2D eigenvalue weighted by molar-refractivity contribution is 5.94. The first-order valence-corrected chi connectivity index (χ1v) is 6.49. The molecule has 0 aromatic heterocycles. The molecule has 0 bridgehead atoms. The normalized spacial score (nSPS) is 11.7. The average Bonchev–Trinajstić information content (AvgIpc) is 2.40. The molecule has 1 atom stereocenters. The Kier molecular flexibility index (Phi) is 6.60. The zero-order chi connectivity index (χ0) is 14.1.